The quantitative estimate of drug-likeness (QED) is 0.781. The molecule has 1 aliphatic heterocycles. The molecule has 6 heteroatoms. The summed E-state index contributed by atoms with van der Waals surface area (Å²) < 4.78 is 23.8. The molecule has 128 valence electrons. The van der Waals surface area contributed by atoms with Crippen LogP contribution in [0.1, 0.15) is 39.5 Å². The van der Waals surface area contributed by atoms with Gasteiger partial charge in [0.05, 0.1) is 11.8 Å². The highest BCUT2D eigenvalue weighted by Gasteiger charge is 2.38. The first-order chi connectivity index (χ1) is 10.2. The fourth-order valence-corrected chi connectivity index (χ4v) is 5.72. The Morgan fingerprint density at radius 3 is 2.32 bits per heavy atom. The predicted molar refractivity (Wildman–Crippen MR) is 88.4 cm³/mol. The molecule has 1 saturated carbocycles. The molecule has 5 nitrogen and oxygen atoms in total. The molecular weight excluding hydrogens is 300 g/mol. The number of carbonyl (C=O) groups excluding carboxylic acids is 1. The van der Waals surface area contributed by atoms with Crippen molar-refractivity contribution in [3.8, 4) is 0 Å². The molecule has 22 heavy (non-hydrogen) atoms. The average Bonchev–Trinajstić information content (AvgIpc) is 2.86. The summed E-state index contributed by atoms with van der Waals surface area (Å²) in [6.07, 6.45) is 5.02. The van der Waals surface area contributed by atoms with E-state index in [0.717, 1.165) is 32.4 Å². The van der Waals surface area contributed by atoms with E-state index in [-0.39, 0.29) is 17.2 Å². The molecule has 1 aliphatic carbocycles. The van der Waals surface area contributed by atoms with Crippen LogP contribution >= 0.6 is 0 Å². The molecule has 4 unspecified atom stereocenters. The van der Waals surface area contributed by atoms with E-state index in [4.69, 9.17) is 0 Å². The molecule has 0 aromatic rings. The summed E-state index contributed by atoms with van der Waals surface area (Å²) >= 11 is 0. The van der Waals surface area contributed by atoms with Gasteiger partial charge < -0.3 is 4.90 Å². The molecule has 0 N–H and O–H groups in total. The Kier molecular flexibility index (Phi) is 5.54. The maximum atomic E-state index is 12.5. The van der Waals surface area contributed by atoms with Gasteiger partial charge in [-0.15, -0.1) is 0 Å². The van der Waals surface area contributed by atoms with Crippen molar-refractivity contribution in [1.29, 1.82) is 0 Å². The van der Waals surface area contributed by atoms with Crippen molar-refractivity contribution >= 4 is 15.7 Å². The Bertz CT molecular complexity index is 496. The number of rotatable bonds is 4. The van der Waals surface area contributed by atoms with E-state index in [9.17, 15) is 13.2 Å². The Morgan fingerprint density at radius 1 is 1.18 bits per heavy atom. The molecule has 2 rings (SSSR count). The second-order valence-electron chi connectivity index (χ2n) is 7.53. The first-order valence-corrected chi connectivity index (χ1v) is 10.3. The zero-order valence-electron chi connectivity index (χ0n) is 14.3. The zero-order valence-corrected chi connectivity index (χ0v) is 15.1. The summed E-state index contributed by atoms with van der Waals surface area (Å²) in [4.78, 5) is 16.5. The highest BCUT2D eigenvalue weighted by molar-refractivity contribution is 7.91. The fourth-order valence-electron chi connectivity index (χ4n) is 4.21. The lowest BCUT2D eigenvalue weighted by Gasteiger charge is -2.37. The minimum atomic E-state index is -3.04. The summed E-state index contributed by atoms with van der Waals surface area (Å²) in [5, 5.41) is -0.315. The van der Waals surface area contributed by atoms with Crippen LogP contribution in [0.25, 0.3) is 0 Å². The number of piperidine rings is 1. The first kappa shape index (κ1) is 17.7. The van der Waals surface area contributed by atoms with E-state index in [0.29, 0.717) is 18.4 Å². The molecule has 1 saturated heterocycles. The summed E-state index contributed by atoms with van der Waals surface area (Å²) in [7, 11) is -1.15. The first-order valence-electron chi connectivity index (χ1n) is 8.35. The molecule has 1 heterocycles. The van der Waals surface area contributed by atoms with Crippen molar-refractivity contribution in [2.45, 2.75) is 50.8 Å². The van der Waals surface area contributed by atoms with E-state index in [1.807, 2.05) is 16.8 Å². The molecule has 0 bridgehead atoms. The molecule has 4 atom stereocenters. The molecule has 0 spiro atoms. The van der Waals surface area contributed by atoms with Crippen molar-refractivity contribution in [2.24, 2.45) is 11.8 Å². The zero-order chi connectivity index (χ0) is 16.5. The number of carbonyl (C=O) groups is 1. The van der Waals surface area contributed by atoms with Crippen molar-refractivity contribution in [3.63, 3.8) is 0 Å². The van der Waals surface area contributed by atoms with Crippen molar-refractivity contribution in [2.75, 3.05) is 32.9 Å². The van der Waals surface area contributed by atoms with Crippen LogP contribution in [0.4, 0.5) is 0 Å². The van der Waals surface area contributed by atoms with Gasteiger partial charge in [-0.25, -0.2) is 8.42 Å². The number of hydrogen-bond donors (Lipinski definition) is 0. The maximum absolute atomic E-state index is 12.5. The predicted octanol–water partition coefficient (Wildman–Crippen LogP) is 1.39. The number of likely N-dealkylation sites (tertiary alicyclic amines) is 1. The Labute approximate surface area is 135 Å². The lowest BCUT2D eigenvalue weighted by molar-refractivity contribution is -0.135. The van der Waals surface area contributed by atoms with Gasteiger partial charge in [-0.05, 0) is 38.1 Å². The van der Waals surface area contributed by atoms with Crippen LogP contribution < -0.4 is 0 Å². The van der Waals surface area contributed by atoms with Gasteiger partial charge in [0.2, 0.25) is 5.91 Å². The second kappa shape index (κ2) is 6.87. The Balaban J connectivity index is 1.96. The molecule has 2 aliphatic rings. The molecule has 0 aromatic heterocycles. The van der Waals surface area contributed by atoms with Gasteiger partial charge in [0.25, 0.3) is 0 Å². The Morgan fingerprint density at radius 2 is 1.77 bits per heavy atom. The fraction of sp³-hybridized carbons (Fsp3) is 0.938. The van der Waals surface area contributed by atoms with E-state index in [2.05, 4.69) is 13.8 Å². The van der Waals surface area contributed by atoms with Crippen LogP contribution in [0, 0.1) is 11.8 Å². The number of amides is 1. The minimum absolute atomic E-state index is 0.0152. The van der Waals surface area contributed by atoms with Gasteiger partial charge in [0, 0.05) is 25.4 Å². The molecule has 0 radical (unpaired) electrons. The van der Waals surface area contributed by atoms with E-state index < -0.39 is 9.84 Å². The molecular formula is C16H30N2O3S. The van der Waals surface area contributed by atoms with E-state index in [1.54, 1.807) is 0 Å². The van der Waals surface area contributed by atoms with Gasteiger partial charge in [-0.3, -0.25) is 9.69 Å². The minimum Gasteiger partial charge on any atom is -0.341 e. The highest BCUT2D eigenvalue weighted by atomic mass is 32.2. The maximum Gasteiger partial charge on any atom is 0.236 e. The SMILES string of the molecule is CC1CC(C)CN(C(=O)CN(C)C2CCCC2S(C)(=O)=O)C1. The van der Waals surface area contributed by atoms with Crippen LogP contribution in [0.5, 0.6) is 0 Å². The average molecular weight is 330 g/mol. The second-order valence-corrected chi connectivity index (χ2v) is 9.79. The highest BCUT2D eigenvalue weighted by Crippen LogP contribution is 2.29. The third-order valence-corrected chi connectivity index (χ3v) is 6.79. The van der Waals surface area contributed by atoms with Gasteiger partial charge in [0.1, 0.15) is 0 Å². The number of nitrogens with zero attached hydrogens (tertiary/aromatic N) is 2. The van der Waals surface area contributed by atoms with Crippen molar-refractivity contribution in [1.82, 2.24) is 9.80 Å². The third kappa shape index (κ3) is 4.22. The van der Waals surface area contributed by atoms with Gasteiger partial charge in [-0.1, -0.05) is 20.3 Å². The summed E-state index contributed by atoms with van der Waals surface area (Å²) in [6, 6.07) is -0.0152. The molecule has 2 fully saturated rings. The van der Waals surface area contributed by atoms with Crippen LogP contribution in [0.3, 0.4) is 0 Å². The smallest absolute Gasteiger partial charge is 0.236 e. The van der Waals surface area contributed by atoms with Crippen LogP contribution in [-0.4, -0.2) is 68.4 Å². The third-order valence-electron chi connectivity index (χ3n) is 5.14. The number of hydrogen-bond acceptors (Lipinski definition) is 4. The molecule has 0 aromatic carbocycles. The molecule has 1 amide bonds. The van der Waals surface area contributed by atoms with Gasteiger partial charge >= 0.3 is 0 Å². The van der Waals surface area contributed by atoms with E-state index in [1.165, 1.54) is 12.7 Å². The topological polar surface area (TPSA) is 57.7 Å². The number of likely N-dealkylation sites (N-methyl/N-ethyl adjacent to an activating group) is 1. The monoisotopic (exact) mass is 330 g/mol. The normalized spacial score (nSPS) is 33.4. The summed E-state index contributed by atoms with van der Waals surface area (Å²) in [5.74, 6) is 1.24. The lowest BCUT2D eigenvalue weighted by Crippen LogP contribution is -2.50. The largest absolute Gasteiger partial charge is 0.341 e. The standard InChI is InChI=1S/C16H30N2O3S/c1-12-8-13(2)10-18(9-12)16(19)11-17(3)14-6-5-7-15(14)22(4,20)21/h12-15H,5-11H2,1-4H3. The van der Waals surface area contributed by atoms with Gasteiger partial charge in [0.15, 0.2) is 9.84 Å². The van der Waals surface area contributed by atoms with E-state index >= 15 is 0 Å². The summed E-state index contributed by atoms with van der Waals surface area (Å²) in [6.45, 7) is 6.37. The van der Waals surface area contributed by atoms with Crippen LogP contribution in [-0.2, 0) is 14.6 Å². The van der Waals surface area contributed by atoms with Gasteiger partial charge in [-0.2, -0.15) is 0 Å². The Hall–Kier alpha value is -0.620. The van der Waals surface area contributed by atoms with Crippen molar-refractivity contribution < 1.29 is 13.2 Å². The summed E-state index contributed by atoms with van der Waals surface area (Å²) in [5.41, 5.74) is 0. The number of sulfone groups is 1. The lowest BCUT2D eigenvalue weighted by atomic mass is 9.92. The van der Waals surface area contributed by atoms with Crippen LogP contribution in [0.15, 0.2) is 0 Å². The van der Waals surface area contributed by atoms with Crippen molar-refractivity contribution in [3.05, 3.63) is 0 Å². The van der Waals surface area contributed by atoms with Crippen LogP contribution in [0.2, 0.25) is 0 Å².